The van der Waals surface area contributed by atoms with Crippen LogP contribution in [-0.2, 0) is 4.79 Å². The van der Waals surface area contributed by atoms with Crippen LogP contribution in [0.4, 0.5) is 0 Å². The van der Waals surface area contributed by atoms with Crippen molar-refractivity contribution in [3.63, 3.8) is 0 Å². The second kappa shape index (κ2) is 4.84. The molecule has 0 aromatic carbocycles. The maximum atomic E-state index is 11.4. The van der Waals surface area contributed by atoms with Crippen molar-refractivity contribution in [2.45, 2.75) is 19.4 Å². The molecule has 82 valence electrons. The fourth-order valence-corrected chi connectivity index (χ4v) is 1.19. The zero-order valence-corrected chi connectivity index (χ0v) is 8.75. The van der Waals surface area contributed by atoms with Gasteiger partial charge in [-0.2, -0.15) is 0 Å². The summed E-state index contributed by atoms with van der Waals surface area (Å²) >= 11 is 5.48. The Morgan fingerprint density at radius 3 is 2.73 bits per heavy atom. The largest absolute Gasteiger partial charge is 0.481 e. The van der Waals surface area contributed by atoms with Crippen LogP contribution in [0.3, 0.4) is 0 Å². The van der Waals surface area contributed by atoms with Crippen molar-refractivity contribution in [3.8, 4) is 0 Å². The predicted octanol–water partition coefficient (Wildman–Crippen LogP) is 1.53. The molecule has 15 heavy (non-hydrogen) atoms. The molecule has 0 spiro atoms. The fraction of sp³-hybridized carbons (Fsp3) is 0.333. The minimum Gasteiger partial charge on any atom is -0.481 e. The van der Waals surface area contributed by atoms with Crippen molar-refractivity contribution in [3.05, 3.63) is 23.1 Å². The normalized spacial score (nSPS) is 12.1. The van der Waals surface area contributed by atoms with Gasteiger partial charge in [0.25, 0.3) is 5.91 Å². The first-order valence-electron chi connectivity index (χ1n) is 4.27. The van der Waals surface area contributed by atoms with Crippen LogP contribution < -0.4 is 5.32 Å². The van der Waals surface area contributed by atoms with Crippen molar-refractivity contribution in [2.24, 2.45) is 0 Å². The molecule has 0 bridgehead atoms. The van der Waals surface area contributed by atoms with Gasteiger partial charge in [0.15, 0.2) is 11.0 Å². The van der Waals surface area contributed by atoms with Crippen LogP contribution >= 0.6 is 11.6 Å². The molecular formula is C9H10ClNO4. The average Bonchev–Trinajstić information content (AvgIpc) is 2.49. The molecule has 0 radical (unpaired) electrons. The molecule has 0 aliphatic carbocycles. The number of hydrogen-bond donors (Lipinski definition) is 2. The van der Waals surface area contributed by atoms with Crippen LogP contribution in [0.2, 0.25) is 5.22 Å². The number of carboxylic acids is 1. The standard InChI is InChI=1S/C9H10ClNO4/c1-5(4-8(12)13)11-9(14)6-2-3-7(10)15-6/h2-3,5H,4H2,1H3,(H,11,14)(H,12,13). The second-order valence-corrected chi connectivity index (χ2v) is 3.45. The van der Waals surface area contributed by atoms with Crippen LogP contribution in [0, 0.1) is 0 Å². The van der Waals surface area contributed by atoms with Gasteiger partial charge in [-0.15, -0.1) is 0 Å². The number of furan rings is 1. The van der Waals surface area contributed by atoms with Crippen molar-refractivity contribution >= 4 is 23.5 Å². The van der Waals surface area contributed by atoms with E-state index < -0.39 is 17.9 Å². The summed E-state index contributed by atoms with van der Waals surface area (Å²) in [5, 5.41) is 11.1. The summed E-state index contributed by atoms with van der Waals surface area (Å²) in [6.07, 6.45) is -0.139. The Hall–Kier alpha value is -1.49. The van der Waals surface area contributed by atoms with Crippen molar-refractivity contribution in [2.75, 3.05) is 0 Å². The molecule has 0 saturated carbocycles. The van der Waals surface area contributed by atoms with Crippen LogP contribution in [-0.4, -0.2) is 23.0 Å². The Balaban J connectivity index is 2.52. The summed E-state index contributed by atoms with van der Waals surface area (Å²) in [4.78, 5) is 21.7. The van der Waals surface area contributed by atoms with Crippen LogP contribution in [0.15, 0.2) is 16.5 Å². The molecule has 0 fully saturated rings. The van der Waals surface area contributed by atoms with Gasteiger partial charge in [-0.25, -0.2) is 0 Å². The van der Waals surface area contributed by atoms with E-state index in [1.54, 1.807) is 6.92 Å². The Bertz CT molecular complexity index is 374. The molecule has 1 heterocycles. The minimum atomic E-state index is -0.972. The molecule has 1 rings (SSSR count). The molecule has 0 aliphatic rings. The Kier molecular flexibility index (Phi) is 3.74. The lowest BCUT2D eigenvalue weighted by molar-refractivity contribution is -0.137. The summed E-state index contributed by atoms with van der Waals surface area (Å²) in [7, 11) is 0. The highest BCUT2D eigenvalue weighted by Crippen LogP contribution is 2.13. The number of halogens is 1. The van der Waals surface area contributed by atoms with Gasteiger partial charge < -0.3 is 14.8 Å². The lowest BCUT2D eigenvalue weighted by atomic mass is 10.2. The van der Waals surface area contributed by atoms with Gasteiger partial charge >= 0.3 is 5.97 Å². The van der Waals surface area contributed by atoms with Gasteiger partial charge in [0, 0.05) is 6.04 Å². The number of carbonyl (C=O) groups is 2. The number of carboxylic acid groups (broad SMARTS) is 1. The van der Waals surface area contributed by atoms with Gasteiger partial charge in [0.2, 0.25) is 0 Å². The molecule has 1 unspecified atom stereocenters. The number of hydrogen-bond acceptors (Lipinski definition) is 3. The Labute approximate surface area is 91.0 Å². The second-order valence-electron chi connectivity index (χ2n) is 3.08. The molecule has 1 atom stereocenters. The maximum absolute atomic E-state index is 11.4. The topological polar surface area (TPSA) is 79.5 Å². The van der Waals surface area contributed by atoms with E-state index in [2.05, 4.69) is 5.32 Å². The summed E-state index contributed by atoms with van der Waals surface area (Å²) in [6.45, 7) is 1.59. The monoisotopic (exact) mass is 231 g/mol. The van der Waals surface area contributed by atoms with E-state index >= 15 is 0 Å². The number of carbonyl (C=O) groups excluding carboxylic acids is 1. The van der Waals surface area contributed by atoms with Gasteiger partial charge in [-0.3, -0.25) is 9.59 Å². The third kappa shape index (κ3) is 3.63. The highest BCUT2D eigenvalue weighted by atomic mass is 35.5. The average molecular weight is 232 g/mol. The first-order valence-corrected chi connectivity index (χ1v) is 4.65. The molecule has 0 saturated heterocycles. The van der Waals surface area contributed by atoms with E-state index in [0.29, 0.717) is 0 Å². The van der Waals surface area contributed by atoms with E-state index in [0.717, 1.165) is 0 Å². The molecule has 0 aliphatic heterocycles. The summed E-state index contributed by atoms with van der Waals surface area (Å²) < 4.78 is 4.86. The lowest BCUT2D eigenvalue weighted by Crippen LogP contribution is -2.33. The third-order valence-electron chi connectivity index (χ3n) is 1.66. The lowest BCUT2D eigenvalue weighted by Gasteiger charge is -2.09. The molecule has 6 heteroatoms. The van der Waals surface area contributed by atoms with Gasteiger partial charge in [-0.05, 0) is 30.7 Å². The summed E-state index contributed by atoms with van der Waals surface area (Å²) in [5.74, 6) is -1.38. The number of rotatable bonds is 4. The third-order valence-corrected chi connectivity index (χ3v) is 1.86. The minimum absolute atomic E-state index is 0.0669. The van der Waals surface area contributed by atoms with Crippen LogP contribution in [0.1, 0.15) is 23.9 Å². The summed E-state index contributed by atoms with van der Waals surface area (Å²) in [5.41, 5.74) is 0. The fourth-order valence-electron chi connectivity index (χ4n) is 1.04. The van der Waals surface area contributed by atoms with Crippen molar-refractivity contribution < 1.29 is 19.1 Å². The first kappa shape index (κ1) is 11.6. The maximum Gasteiger partial charge on any atom is 0.305 e. The highest BCUT2D eigenvalue weighted by Gasteiger charge is 2.15. The molecular weight excluding hydrogens is 222 g/mol. The van der Waals surface area contributed by atoms with E-state index in [1.807, 2.05) is 0 Å². The Morgan fingerprint density at radius 1 is 1.60 bits per heavy atom. The number of aliphatic carboxylic acids is 1. The highest BCUT2D eigenvalue weighted by molar-refractivity contribution is 6.29. The first-order chi connectivity index (χ1) is 6.99. The van der Waals surface area contributed by atoms with E-state index in [9.17, 15) is 9.59 Å². The van der Waals surface area contributed by atoms with Gasteiger partial charge in [-0.1, -0.05) is 0 Å². The predicted molar refractivity (Wildman–Crippen MR) is 52.9 cm³/mol. The van der Waals surface area contributed by atoms with Crippen LogP contribution in [0.5, 0.6) is 0 Å². The van der Waals surface area contributed by atoms with E-state index in [1.165, 1.54) is 12.1 Å². The Morgan fingerprint density at radius 2 is 2.27 bits per heavy atom. The zero-order valence-electron chi connectivity index (χ0n) is 7.99. The molecule has 1 aromatic rings. The smallest absolute Gasteiger partial charge is 0.305 e. The van der Waals surface area contributed by atoms with Gasteiger partial charge in [0.1, 0.15) is 0 Å². The molecule has 5 nitrogen and oxygen atoms in total. The SMILES string of the molecule is CC(CC(=O)O)NC(=O)c1ccc(Cl)o1. The van der Waals surface area contributed by atoms with E-state index in [-0.39, 0.29) is 17.4 Å². The van der Waals surface area contributed by atoms with Gasteiger partial charge in [0.05, 0.1) is 6.42 Å². The number of nitrogens with one attached hydrogen (secondary N) is 1. The zero-order chi connectivity index (χ0) is 11.4. The van der Waals surface area contributed by atoms with Crippen molar-refractivity contribution in [1.82, 2.24) is 5.32 Å². The number of amides is 1. The molecule has 1 amide bonds. The summed E-state index contributed by atoms with van der Waals surface area (Å²) in [6, 6.07) is 2.41. The van der Waals surface area contributed by atoms with E-state index in [4.69, 9.17) is 21.1 Å². The molecule has 1 aromatic heterocycles. The quantitative estimate of drug-likeness (QED) is 0.824. The van der Waals surface area contributed by atoms with Crippen molar-refractivity contribution in [1.29, 1.82) is 0 Å². The molecule has 2 N–H and O–H groups in total. The van der Waals surface area contributed by atoms with Crippen LogP contribution in [0.25, 0.3) is 0 Å².